The first-order valence-electron chi connectivity index (χ1n) is 8.93. The fourth-order valence-electron chi connectivity index (χ4n) is 2.89. The summed E-state index contributed by atoms with van der Waals surface area (Å²) in [7, 11) is 0. The van der Waals surface area contributed by atoms with E-state index < -0.39 is 23.5 Å². The molecule has 30 heavy (non-hydrogen) atoms. The van der Waals surface area contributed by atoms with E-state index in [-0.39, 0.29) is 11.1 Å². The van der Waals surface area contributed by atoms with E-state index in [0.717, 1.165) is 12.1 Å². The minimum absolute atomic E-state index is 0.0535. The van der Waals surface area contributed by atoms with Crippen molar-refractivity contribution >= 4 is 24.3 Å². The molecule has 0 saturated heterocycles. The van der Waals surface area contributed by atoms with Crippen molar-refractivity contribution in [2.24, 2.45) is 0 Å². The quantitative estimate of drug-likeness (QED) is 0.297. The van der Waals surface area contributed by atoms with E-state index in [1.54, 1.807) is 36.4 Å². The van der Waals surface area contributed by atoms with Crippen LogP contribution >= 0.6 is 0 Å². The lowest BCUT2D eigenvalue weighted by atomic mass is 10.0. The lowest BCUT2D eigenvalue weighted by Gasteiger charge is -2.09. The van der Waals surface area contributed by atoms with Gasteiger partial charge in [0.25, 0.3) is 0 Å². The van der Waals surface area contributed by atoms with E-state index in [1.165, 1.54) is 48.6 Å². The molecule has 6 heteroatoms. The van der Waals surface area contributed by atoms with Crippen LogP contribution in [0.15, 0.2) is 72.8 Å². The average molecular weight is 418 g/mol. The molecule has 0 atom stereocenters. The second-order valence-corrected chi connectivity index (χ2v) is 6.50. The number of alkyl halides is 6. The number of rotatable bonds is 4. The van der Waals surface area contributed by atoms with Crippen LogP contribution in [0.4, 0.5) is 26.3 Å². The minimum Gasteiger partial charge on any atom is -0.166 e. The Hall–Kier alpha value is -3.28. The molecule has 0 aliphatic heterocycles. The molecular weight excluding hydrogens is 402 g/mol. The van der Waals surface area contributed by atoms with Crippen molar-refractivity contribution in [3.8, 4) is 0 Å². The summed E-state index contributed by atoms with van der Waals surface area (Å²) in [4.78, 5) is 0. The summed E-state index contributed by atoms with van der Waals surface area (Å²) in [5.41, 5.74) is 0.00312. The maximum absolute atomic E-state index is 13.0. The molecule has 154 valence electrons. The van der Waals surface area contributed by atoms with Gasteiger partial charge in [0, 0.05) is 0 Å². The molecule has 3 rings (SSSR count). The third-order valence-electron chi connectivity index (χ3n) is 4.38. The van der Waals surface area contributed by atoms with Gasteiger partial charge in [-0.3, -0.25) is 0 Å². The molecular formula is C24H16F6. The molecule has 0 nitrogen and oxygen atoms in total. The highest BCUT2D eigenvalue weighted by atomic mass is 19.4. The Morgan fingerprint density at radius 1 is 0.433 bits per heavy atom. The highest BCUT2D eigenvalue weighted by Crippen LogP contribution is 2.33. The van der Waals surface area contributed by atoms with Crippen LogP contribution in [0.1, 0.15) is 33.4 Å². The monoisotopic (exact) mass is 418 g/mol. The number of hydrogen-bond acceptors (Lipinski definition) is 0. The Morgan fingerprint density at radius 3 is 1.10 bits per heavy atom. The summed E-state index contributed by atoms with van der Waals surface area (Å²) in [5.74, 6) is 0. The Kier molecular flexibility index (Phi) is 6.15. The number of benzene rings is 3. The van der Waals surface area contributed by atoms with Gasteiger partial charge in [-0.2, -0.15) is 26.3 Å². The molecule has 0 heterocycles. The predicted octanol–water partition coefficient (Wildman–Crippen LogP) is 8.07. The van der Waals surface area contributed by atoms with E-state index in [4.69, 9.17) is 0 Å². The zero-order valence-electron chi connectivity index (χ0n) is 15.5. The van der Waals surface area contributed by atoms with Crippen LogP contribution in [-0.2, 0) is 12.4 Å². The molecule has 0 radical (unpaired) electrons. The van der Waals surface area contributed by atoms with Gasteiger partial charge in [-0.25, -0.2) is 0 Å². The third kappa shape index (κ3) is 5.41. The van der Waals surface area contributed by atoms with Crippen LogP contribution < -0.4 is 0 Å². The SMILES string of the molecule is FC(F)(F)c1ccccc1/C=C/c1ccc(/C=C/c2ccccc2C(F)(F)F)cc1. The summed E-state index contributed by atoms with van der Waals surface area (Å²) in [6, 6.07) is 17.3. The van der Waals surface area contributed by atoms with Crippen LogP contribution in [0.5, 0.6) is 0 Å². The average Bonchev–Trinajstić information content (AvgIpc) is 2.70. The summed E-state index contributed by atoms with van der Waals surface area (Å²) in [5, 5.41) is 0. The van der Waals surface area contributed by atoms with E-state index in [9.17, 15) is 26.3 Å². The van der Waals surface area contributed by atoms with Gasteiger partial charge in [0.1, 0.15) is 0 Å². The second-order valence-electron chi connectivity index (χ2n) is 6.50. The molecule has 0 unspecified atom stereocenters. The standard InChI is InChI=1S/C24H16F6/c25-23(26,27)21-7-3-1-5-19(21)15-13-17-9-11-18(12-10-17)14-16-20-6-2-4-8-22(20)24(28,29)30/h1-16H/b15-13+,16-14+. The zero-order valence-corrected chi connectivity index (χ0v) is 15.5. The topological polar surface area (TPSA) is 0 Å². The largest absolute Gasteiger partial charge is 0.416 e. The van der Waals surface area contributed by atoms with Crippen molar-refractivity contribution in [3.63, 3.8) is 0 Å². The van der Waals surface area contributed by atoms with Gasteiger partial charge < -0.3 is 0 Å². The van der Waals surface area contributed by atoms with Crippen LogP contribution in [0.2, 0.25) is 0 Å². The van der Waals surface area contributed by atoms with Gasteiger partial charge in [0.15, 0.2) is 0 Å². The smallest absolute Gasteiger partial charge is 0.166 e. The molecule has 0 N–H and O–H groups in total. The second kappa shape index (κ2) is 8.61. The third-order valence-corrected chi connectivity index (χ3v) is 4.38. The summed E-state index contributed by atoms with van der Waals surface area (Å²) in [6.07, 6.45) is -3.01. The molecule has 0 fully saturated rings. The van der Waals surface area contributed by atoms with Crippen molar-refractivity contribution < 1.29 is 26.3 Å². The predicted molar refractivity (Wildman–Crippen MR) is 107 cm³/mol. The lowest BCUT2D eigenvalue weighted by molar-refractivity contribution is -0.138. The first-order chi connectivity index (χ1) is 14.1. The lowest BCUT2D eigenvalue weighted by Crippen LogP contribution is -2.06. The normalized spacial score (nSPS) is 12.7. The highest BCUT2D eigenvalue weighted by Gasteiger charge is 2.32. The molecule has 3 aromatic rings. The molecule has 0 aliphatic carbocycles. The molecule has 0 aliphatic rings. The van der Waals surface area contributed by atoms with Gasteiger partial charge in [-0.05, 0) is 34.4 Å². The fraction of sp³-hybridized carbons (Fsp3) is 0.0833. The number of halogens is 6. The summed E-state index contributed by atoms with van der Waals surface area (Å²) in [6.45, 7) is 0. The van der Waals surface area contributed by atoms with Gasteiger partial charge in [0.05, 0.1) is 11.1 Å². The van der Waals surface area contributed by atoms with Crippen molar-refractivity contribution in [1.29, 1.82) is 0 Å². The van der Waals surface area contributed by atoms with Crippen LogP contribution in [0.3, 0.4) is 0 Å². The Labute approximate surface area is 169 Å². The van der Waals surface area contributed by atoms with E-state index in [1.807, 2.05) is 0 Å². The maximum Gasteiger partial charge on any atom is 0.416 e. The number of hydrogen-bond donors (Lipinski definition) is 0. The van der Waals surface area contributed by atoms with Crippen LogP contribution in [0, 0.1) is 0 Å². The van der Waals surface area contributed by atoms with E-state index >= 15 is 0 Å². The van der Waals surface area contributed by atoms with Crippen molar-refractivity contribution in [1.82, 2.24) is 0 Å². The molecule has 3 aromatic carbocycles. The first kappa shape index (κ1) is 21.4. The zero-order chi connectivity index (χ0) is 21.8. The Balaban J connectivity index is 1.78. The summed E-state index contributed by atoms with van der Waals surface area (Å²) < 4.78 is 78.3. The Morgan fingerprint density at radius 2 is 0.767 bits per heavy atom. The van der Waals surface area contributed by atoms with Crippen molar-refractivity contribution in [3.05, 3.63) is 106 Å². The molecule has 0 saturated carbocycles. The summed E-state index contributed by atoms with van der Waals surface area (Å²) >= 11 is 0. The molecule has 0 aromatic heterocycles. The van der Waals surface area contributed by atoms with E-state index in [0.29, 0.717) is 11.1 Å². The van der Waals surface area contributed by atoms with Crippen molar-refractivity contribution in [2.75, 3.05) is 0 Å². The Bertz CT molecular complexity index is 968. The first-order valence-corrected chi connectivity index (χ1v) is 8.93. The van der Waals surface area contributed by atoms with E-state index in [2.05, 4.69) is 0 Å². The minimum atomic E-state index is -4.44. The van der Waals surface area contributed by atoms with Crippen LogP contribution in [0.25, 0.3) is 24.3 Å². The molecule has 0 bridgehead atoms. The maximum atomic E-state index is 13.0. The van der Waals surface area contributed by atoms with Gasteiger partial charge in [-0.15, -0.1) is 0 Å². The fourth-order valence-corrected chi connectivity index (χ4v) is 2.89. The van der Waals surface area contributed by atoms with Crippen molar-refractivity contribution in [2.45, 2.75) is 12.4 Å². The van der Waals surface area contributed by atoms with Gasteiger partial charge >= 0.3 is 12.4 Å². The highest BCUT2D eigenvalue weighted by molar-refractivity contribution is 5.74. The molecule has 0 amide bonds. The van der Waals surface area contributed by atoms with Gasteiger partial charge in [0.2, 0.25) is 0 Å². The molecule has 0 spiro atoms. The van der Waals surface area contributed by atoms with Crippen LogP contribution in [-0.4, -0.2) is 0 Å². The van der Waals surface area contributed by atoms with Gasteiger partial charge in [-0.1, -0.05) is 85.0 Å².